The van der Waals surface area contributed by atoms with E-state index in [9.17, 15) is 32.7 Å². The molecule has 0 saturated heterocycles. The molecule has 0 radical (unpaired) electrons. The number of carbonyl (C=O) groups is 2. The Balaban J connectivity index is 0.00000256. The molecule has 1 heterocycles. The van der Waals surface area contributed by atoms with Crippen LogP contribution in [0.4, 0.5) is 5.69 Å². The Labute approximate surface area is 213 Å². The van der Waals surface area contributed by atoms with Gasteiger partial charge in [0.05, 0.1) is 16.4 Å². The quantitative estimate of drug-likeness (QED) is 0.171. The van der Waals surface area contributed by atoms with Gasteiger partial charge in [0, 0.05) is 28.6 Å². The summed E-state index contributed by atoms with van der Waals surface area (Å²) in [5.74, 6) is -1.33. The van der Waals surface area contributed by atoms with E-state index in [4.69, 9.17) is 0 Å². The van der Waals surface area contributed by atoms with Crippen LogP contribution in [0.1, 0.15) is 26.3 Å². The molecule has 0 aromatic heterocycles. The average Bonchev–Trinajstić information content (AvgIpc) is 2.68. The van der Waals surface area contributed by atoms with Crippen LogP contribution in [-0.2, 0) is 16.7 Å². The fraction of sp³-hybridized carbons (Fsp3) is 0.0526. The first-order valence-electron chi connectivity index (χ1n) is 8.29. The fourth-order valence-electron chi connectivity index (χ4n) is 3.32. The number of hydrogen-bond donors (Lipinski definition) is 0. The molecule has 3 aromatic rings. The summed E-state index contributed by atoms with van der Waals surface area (Å²) in [6.45, 7) is -0.167. The molecule has 1 aliphatic rings. The zero-order valence-electron chi connectivity index (χ0n) is 15.6. The summed E-state index contributed by atoms with van der Waals surface area (Å²) in [7, 11) is -4.81. The van der Waals surface area contributed by atoms with Gasteiger partial charge in [-0.1, -0.05) is 24.3 Å². The Morgan fingerprint density at radius 2 is 1.57 bits per heavy atom. The Kier molecular flexibility index (Phi) is 6.25. The summed E-state index contributed by atoms with van der Waals surface area (Å²) in [5, 5.41) is 11.4. The van der Waals surface area contributed by atoms with E-state index >= 15 is 0 Å². The minimum atomic E-state index is -4.81. The monoisotopic (exact) mass is 450 g/mol. The van der Waals surface area contributed by atoms with Crippen LogP contribution >= 0.6 is 0 Å². The number of rotatable bonds is 4. The van der Waals surface area contributed by atoms with Crippen LogP contribution in [0.25, 0.3) is 10.8 Å². The molecule has 4 rings (SSSR count). The molecule has 0 spiro atoms. The van der Waals surface area contributed by atoms with Crippen LogP contribution in [0.5, 0.6) is 0 Å². The standard InChI is InChI=1S/C19H12N2O7S.K/c22-18-15-3-1-2-12-8-14(29(26,27)28)9-16(17(12)15)19(23)20(18)10-11-4-6-13(7-5-11)21(24)25;/h1-9H,10H2,(H,26,27,28);/q;+1/p-1. The molecule has 0 saturated carbocycles. The number of benzene rings is 3. The van der Waals surface area contributed by atoms with Gasteiger partial charge in [-0.05, 0) is 29.1 Å². The number of non-ortho nitro benzene ring substituents is 1. The molecule has 0 aliphatic carbocycles. The molecular formula is C19H11KN2O7S. The minimum Gasteiger partial charge on any atom is -0.744 e. The van der Waals surface area contributed by atoms with Gasteiger partial charge in [0.15, 0.2) is 0 Å². The van der Waals surface area contributed by atoms with Crippen molar-refractivity contribution in [2.75, 3.05) is 0 Å². The van der Waals surface area contributed by atoms with Gasteiger partial charge in [0.2, 0.25) is 0 Å². The molecule has 0 atom stereocenters. The Bertz CT molecular complexity index is 1320. The third-order valence-electron chi connectivity index (χ3n) is 4.68. The van der Waals surface area contributed by atoms with Crippen LogP contribution in [0.15, 0.2) is 59.5 Å². The zero-order chi connectivity index (χ0) is 20.9. The second-order valence-electron chi connectivity index (χ2n) is 6.45. The molecule has 0 bridgehead atoms. The van der Waals surface area contributed by atoms with Crippen molar-refractivity contribution in [2.24, 2.45) is 0 Å². The fourth-order valence-corrected chi connectivity index (χ4v) is 3.86. The van der Waals surface area contributed by atoms with E-state index < -0.39 is 31.8 Å². The molecule has 0 N–H and O–H groups in total. The maximum Gasteiger partial charge on any atom is 1.00 e. The molecule has 0 fully saturated rings. The van der Waals surface area contributed by atoms with Crippen molar-refractivity contribution in [1.82, 2.24) is 4.90 Å². The third kappa shape index (κ3) is 3.97. The first-order chi connectivity index (χ1) is 13.7. The molecule has 0 unspecified atom stereocenters. The van der Waals surface area contributed by atoms with E-state index in [1.165, 1.54) is 42.5 Å². The Morgan fingerprint density at radius 1 is 0.933 bits per heavy atom. The van der Waals surface area contributed by atoms with E-state index in [0.29, 0.717) is 10.9 Å². The number of imide groups is 1. The Hall–Kier alpha value is -1.99. The molecule has 30 heavy (non-hydrogen) atoms. The number of nitrogens with zero attached hydrogens (tertiary/aromatic N) is 2. The van der Waals surface area contributed by atoms with Gasteiger partial charge >= 0.3 is 51.4 Å². The van der Waals surface area contributed by atoms with Gasteiger partial charge in [-0.3, -0.25) is 24.6 Å². The normalized spacial score (nSPS) is 13.3. The predicted molar refractivity (Wildman–Crippen MR) is 99.2 cm³/mol. The first kappa shape index (κ1) is 22.7. The SMILES string of the molecule is O=C1c2cccc3cc(S(=O)(=O)[O-])cc(c23)C(=O)N1Cc1ccc([N+](=O)[O-])cc1.[K+]. The van der Waals surface area contributed by atoms with Gasteiger partial charge in [0.1, 0.15) is 10.1 Å². The summed E-state index contributed by atoms with van der Waals surface area (Å²) >= 11 is 0. The van der Waals surface area contributed by atoms with E-state index in [2.05, 4.69) is 0 Å². The summed E-state index contributed by atoms with van der Waals surface area (Å²) in [5.41, 5.74) is 0.480. The van der Waals surface area contributed by atoms with E-state index in [1.54, 1.807) is 0 Å². The van der Waals surface area contributed by atoms with Crippen LogP contribution in [0.2, 0.25) is 0 Å². The van der Waals surface area contributed by atoms with E-state index in [-0.39, 0.29) is 80.1 Å². The van der Waals surface area contributed by atoms with E-state index in [1.807, 2.05) is 0 Å². The summed E-state index contributed by atoms with van der Waals surface area (Å²) in [6.07, 6.45) is 0. The summed E-state index contributed by atoms with van der Waals surface area (Å²) in [6, 6.07) is 12.0. The number of hydrogen-bond acceptors (Lipinski definition) is 7. The maximum absolute atomic E-state index is 13.0. The van der Waals surface area contributed by atoms with Crippen molar-refractivity contribution < 1.29 is 78.9 Å². The molecule has 11 heteroatoms. The number of nitro groups is 1. The predicted octanol–water partition coefficient (Wildman–Crippen LogP) is -0.548. The molecule has 1 aliphatic heterocycles. The van der Waals surface area contributed by atoms with Gasteiger partial charge < -0.3 is 4.55 Å². The van der Waals surface area contributed by atoms with Gasteiger partial charge in [-0.25, -0.2) is 8.42 Å². The molecule has 9 nitrogen and oxygen atoms in total. The van der Waals surface area contributed by atoms with Crippen molar-refractivity contribution >= 4 is 38.4 Å². The topological polar surface area (TPSA) is 138 Å². The number of carbonyl (C=O) groups excluding carboxylic acids is 2. The van der Waals surface area contributed by atoms with Crippen molar-refractivity contribution in [3.63, 3.8) is 0 Å². The third-order valence-corrected chi connectivity index (χ3v) is 5.49. The van der Waals surface area contributed by atoms with Crippen LogP contribution in [0.3, 0.4) is 0 Å². The van der Waals surface area contributed by atoms with Crippen molar-refractivity contribution in [3.05, 3.63) is 81.4 Å². The van der Waals surface area contributed by atoms with Gasteiger partial charge in [0.25, 0.3) is 17.5 Å². The van der Waals surface area contributed by atoms with Crippen LogP contribution in [-0.4, -0.2) is 34.6 Å². The maximum atomic E-state index is 13.0. The molecular weight excluding hydrogens is 439 g/mol. The van der Waals surface area contributed by atoms with Crippen molar-refractivity contribution in [1.29, 1.82) is 0 Å². The second-order valence-corrected chi connectivity index (χ2v) is 7.83. The molecule has 2 amide bonds. The summed E-state index contributed by atoms with van der Waals surface area (Å²) < 4.78 is 34.4. The minimum absolute atomic E-state index is 0. The van der Waals surface area contributed by atoms with Gasteiger partial charge in [-0.15, -0.1) is 0 Å². The summed E-state index contributed by atoms with van der Waals surface area (Å²) in [4.78, 5) is 36.4. The van der Waals surface area contributed by atoms with E-state index in [0.717, 1.165) is 17.0 Å². The molecule has 146 valence electrons. The largest absolute Gasteiger partial charge is 1.00 e. The van der Waals surface area contributed by atoms with Crippen molar-refractivity contribution in [2.45, 2.75) is 11.4 Å². The average molecular weight is 450 g/mol. The van der Waals surface area contributed by atoms with Crippen molar-refractivity contribution in [3.8, 4) is 0 Å². The molecule has 3 aromatic carbocycles. The van der Waals surface area contributed by atoms with Crippen LogP contribution < -0.4 is 51.4 Å². The Morgan fingerprint density at radius 3 is 2.17 bits per heavy atom. The van der Waals surface area contributed by atoms with Crippen LogP contribution in [0, 0.1) is 10.1 Å². The zero-order valence-corrected chi connectivity index (χ0v) is 19.5. The smallest absolute Gasteiger partial charge is 0.744 e. The first-order valence-corrected chi connectivity index (χ1v) is 9.70. The second kappa shape index (κ2) is 8.27. The number of nitro benzene ring substituents is 1. The van der Waals surface area contributed by atoms with Gasteiger partial charge in [-0.2, -0.15) is 0 Å². The number of amides is 2.